The fraction of sp³-hybridized carbons (Fsp3) is 1.00. The summed E-state index contributed by atoms with van der Waals surface area (Å²) in [5.74, 6) is 0.436. The number of hydrogen-bond acceptors (Lipinski definition) is 2. The van der Waals surface area contributed by atoms with Crippen LogP contribution in [0.2, 0.25) is 0 Å². The molecule has 0 aromatic rings. The molecule has 0 bridgehead atoms. The van der Waals surface area contributed by atoms with E-state index in [1.165, 1.54) is 0 Å². The molecule has 0 aliphatic carbocycles. The second kappa shape index (κ2) is 5.16. The van der Waals surface area contributed by atoms with E-state index >= 15 is 0 Å². The molecule has 1 atom stereocenters. The Bertz CT molecular complexity index is 132. The molecule has 0 amide bonds. The summed E-state index contributed by atoms with van der Waals surface area (Å²) in [5.41, 5.74) is 10.5. The van der Waals surface area contributed by atoms with Gasteiger partial charge in [0.05, 0.1) is 5.54 Å². The van der Waals surface area contributed by atoms with Gasteiger partial charge in [0.15, 0.2) is 4.46 Å². The van der Waals surface area contributed by atoms with Crippen molar-refractivity contribution >= 4 is 23.2 Å². The summed E-state index contributed by atoms with van der Waals surface area (Å²) in [6.07, 6.45) is 0.705. The van der Waals surface area contributed by atoms with Gasteiger partial charge < -0.3 is 5.73 Å². The van der Waals surface area contributed by atoms with E-state index in [1.807, 2.05) is 13.8 Å². The third-order valence-electron chi connectivity index (χ3n) is 1.59. The van der Waals surface area contributed by atoms with Gasteiger partial charge in [0.1, 0.15) is 0 Å². The van der Waals surface area contributed by atoms with Gasteiger partial charge in [0.2, 0.25) is 0 Å². The van der Waals surface area contributed by atoms with Crippen LogP contribution in [0, 0.1) is 5.92 Å². The van der Waals surface area contributed by atoms with Crippen LogP contribution in [-0.2, 0) is 21.1 Å². The van der Waals surface area contributed by atoms with Gasteiger partial charge in [-0.2, -0.15) is 0 Å². The van der Waals surface area contributed by atoms with Crippen LogP contribution in [0.15, 0.2) is 0 Å². The van der Waals surface area contributed by atoms with Crippen molar-refractivity contribution in [3.63, 3.8) is 0 Å². The zero-order chi connectivity index (χ0) is 9.28. The molecule has 0 radical (unpaired) electrons. The average molecular weight is 394 g/mol. The predicted octanol–water partition coefficient (Wildman–Crippen LogP) is 1.84. The first-order chi connectivity index (χ1) is 4.67. The van der Waals surface area contributed by atoms with E-state index < -0.39 is 10.00 Å². The van der Waals surface area contributed by atoms with Crippen LogP contribution in [0.1, 0.15) is 27.2 Å². The van der Waals surface area contributed by atoms with Crippen LogP contribution in [0.5, 0.6) is 0 Å². The van der Waals surface area contributed by atoms with Gasteiger partial charge >= 0.3 is 0 Å². The molecule has 0 aliphatic heterocycles. The van der Waals surface area contributed by atoms with Gasteiger partial charge in [0.25, 0.3) is 0 Å². The molecule has 78 valence electrons. The van der Waals surface area contributed by atoms with E-state index in [1.54, 1.807) is 6.92 Å². The van der Waals surface area contributed by atoms with Gasteiger partial charge in [-0.25, -0.2) is 0 Å². The largest absolute Gasteiger partial charge is 0.322 e. The Morgan fingerprint density at radius 1 is 1.25 bits per heavy atom. The Kier molecular flexibility index (Phi) is 6.74. The molecule has 2 nitrogen and oxygen atoms in total. The van der Waals surface area contributed by atoms with Gasteiger partial charge in [-0.3, -0.25) is 5.73 Å². The van der Waals surface area contributed by atoms with Crippen molar-refractivity contribution in [3.05, 3.63) is 0 Å². The van der Waals surface area contributed by atoms with Crippen molar-refractivity contribution in [1.29, 1.82) is 0 Å². The third-order valence-corrected chi connectivity index (χ3v) is 2.46. The maximum atomic E-state index is 5.81. The minimum atomic E-state index is -1.35. The zero-order valence-corrected chi connectivity index (χ0v) is 11.3. The summed E-state index contributed by atoms with van der Waals surface area (Å²) < 4.78 is -1.35. The van der Waals surface area contributed by atoms with E-state index in [0.29, 0.717) is 12.3 Å². The molecule has 4 N–H and O–H groups in total. The summed E-state index contributed by atoms with van der Waals surface area (Å²) in [6.45, 7) is 5.85. The maximum Gasteiger partial charge on any atom is 0.184 e. The molecule has 12 heavy (non-hydrogen) atoms. The molecule has 0 aliphatic rings. The molecule has 0 aromatic carbocycles. The number of nitrogens with two attached hydrogens (primary N) is 2. The summed E-state index contributed by atoms with van der Waals surface area (Å²) >= 11 is 11.4. The Morgan fingerprint density at radius 3 is 1.67 bits per heavy atom. The molecule has 0 rings (SSSR count). The summed E-state index contributed by atoms with van der Waals surface area (Å²) in [6, 6.07) is 0. The molecule has 1 unspecified atom stereocenters. The van der Waals surface area contributed by atoms with E-state index in [-0.39, 0.29) is 21.1 Å². The second-order valence-corrected chi connectivity index (χ2v) is 5.02. The topological polar surface area (TPSA) is 52.0 Å². The van der Waals surface area contributed by atoms with E-state index in [9.17, 15) is 0 Å². The van der Waals surface area contributed by atoms with Gasteiger partial charge in [-0.05, 0) is 19.3 Å². The van der Waals surface area contributed by atoms with Gasteiger partial charge in [-0.1, -0.05) is 37.0 Å². The standard InChI is InChI=1S/C7H16Cl2N2.Pt/c1-5(2)4-6(3,10)7(8,9)11;/h5H,4,10-11H2,1-3H3;. The second-order valence-electron chi connectivity index (χ2n) is 3.64. The number of alkyl halides is 2. The van der Waals surface area contributed by atoms with Crippen LogP contribution < -0.4 is 11.5 Å². The van der Waals surface area contributed by atoms with Crippen molar-refractivity contribution in [1.82, 2.24) is 0 Å². The molecule has 0 saturated heterocycles. The maximum absolute atomic E-state index is 5.81. The fourth-order valence-corrected chi connectivity index (χ4v) is 1.14. The Labute approximate surface area is 98.6 Å². The zero-order valence-electron chi connectivity index (χ0n) is 7.51. The van der Waals surface area contributed by atoms with Crippen LogP contribution >= 0.6 is 23.2 Å². The summed E-state index contributed by atoms with van der Waals surface area (Å²) in [7, 11) is 0. The molecule has 0 saturated carbocycles. The molecule has 5 heteroatoms. The monoisotopic (exact) mass is 393 g/mol. The quantitative estimate of drug-likeness (QED) is 0.567. The van der Waals surface area contributed by atoms with Crippen LogP contribution in [0.25, 0.3) is 0 Å². The molecule has 0 aromatic heterocycles. The Hall–Kier alpha value is 1.19. The average Bonchev–Trinajstić information content (AvgIpc) is 1.56. The first-order valence-electron chi connectivity index (χ1n) is 3.62. The number of halogens is 2. The normalized spacial score (nSPS) is 17.0. The molecule has 0 spiro atoms. The number of hydrogen-bond donors (Lipinski definition) is 2. The van der Waals surface area contributed by atoms with E-state index in [4.69, 9.17) is 34.7 Å². The molecular formula is C7H16Cl2N2Pt. The Morgan fingerprint density at radius 2 is 1.58 bits per heavy atom. The first-order valence-corrected chi connectivity index (χ1v) is 4.38. The smallest absolute Gasteiger partial charge is 0.184 e. The van der Waals surface area contributed by atoms with Crippen LogP contribution in [0.4, 0.5) is 0 Å². The van der Waals surface area contributed by atoms with Crippen molar-refractivity contribution in [2.24, 2.45) is 17.4 Å². The van der Waals surface area contributed by atoms with Crippen molar-refractivity contribution in [2.75, 3.05) is 0 Å². The Balaban J connectivity index is 0. The fourth-order valence-electron chi connectivity index (χ4n) is 0.984. The first kappa shape index (κ1) is 15.7. The summed E-state index contributed by atoms with van der Waals surface area (Å²) in [4.78, 5) is 0. The van der Waals surface area contributed by atoms with Gasteiger partial charge in [0, 0.05) is 21.1 Å². The van der Waals surface area contributed by atoms with Crippen molar-refractivity contribution < 1.29 is 21.1 Å². The SMILES string of the molecule is CC(C)CC(C)(N)C(N)(Cl)Cl.[Pt]. The van der Waals surface area contributed by atoms with Crippen molar-refractivity contribution in [2.45, 2.75) is 37.2 Å². The van der Waals surface area contributed by atoms with Crippen molar-refractivity contribution in [3.8, 4) is 0 Å². The van der Waals surface area contributed by atoms with Crippen LogP contribution in [0.3, 0.4) is 0 Å². The molecule has 0 fully saturated rings. The predicted molar refractivity (Wildman–Crippen MR) is 50.7 cm³/mol. The number of rotatable bonds is 3. The molecular weight excluding hydrogens is 378 g/mol. The molecule has 0 heterocycles. The van der Waals surface area contributed by atoms with E-state index in [2.05, 4.69) is 0 Å². The van der Waals surface area contributed by atoms with E-state index in [0.717, 1.165) is 0 Å². The third kappa shape index (κ3) is 5.03. The minimum absolute atomic E-state index is 0. The minimum Gasteiger partial charge on any atom is -0.322 e. The van der Waals surface area contributed by atoms with Gasteiger partial charge in [-0.15, -0.1) is 0 Å². The van der Waals surface area contributed by atoms with Crippen LogP contribution in [-0.4, -0.2) is 10.00 Å². The summed E-state index contributed by atoms with van der Waals surface area (Å²) in [5, 5.41) is 0.